The van der Waals surface area contributed by atoms with Crippen molar-refractivity contribution in [3.8, 4) is 0 Å². The van der Waals surface area contributed by atoms with Gasteiger partial charge in [0.2, 0.25) is 0 Å². The van der Waals surface area contributed by atoms with Crippen LogP contribution >= 0.6 is 0 Å². The number of aromatic nitrogens is 2. The lowest BCUT2D eigenvalue weighted by molar-refractivity contribution is 0.0988. The lowest BCUT2D eigenvalue weighted by atomic mass is 10.0. The number of benzene rings is 1. The molecule has 156 valence electrons. The van der Waals surface area contributed by atoms with Crippen molar-refractivity contribution < 1.29 is 13.2 Å². The molecule has 0 unspecified atom stereocenters. The lowest BCUT2D eigenvalue weighted by Crippen LogP contribution is -2.27. The number of nitrogens with zero attached hydrogens (tertiary/aromatic N) is 3. The molecule has 0 atom stereocenters. The lowest BCUT2D eigenvalue weighted by Gasteiger charge is -2.23. The molecule has 2 aromatic rings. The van der Waals surface area contributed by atoms with Gasteiger partial charge in [-0.05, 0) is 55.4 Å². The molecule has 6 nitrogen and oxygen atoms in total. The second-order valence-electron chi connectivity index (χ2n) is 7.74. The van der Waals surface area contributed by atoms with Gasteiger partial charge in [0.1, 0.15) is 17.8 Å². The van der Waals surface area contributed by atoms with Crippen molar-refractivity contribution in [2.24, 2.45) is 5.92 Å². The maximum Gasteiger partial charge on any atom is 0.185 e. The van der Waals surface area contributed by atoms with Crippen molar-refractivity contribution in [1.29, 1.82) is 0 Å². The molecule has 1 saturated carbocycles. The van der Waals surface area contributed by atoms with E-state index in [0.717, 1.165) is 42.4 Å². The summed E-state index contributed by atoms with van der Waals surface area (Å²) in [6.45, 7) is 7.48. The van der Waals surface area contributed by atoms with E-state index in [-0.39, 0.29) is 18.0 Å². The number of hydrogen-bond acceptors (Lipinski definition) is 6. The maximum absolute atomic E-state index is 12.8. The van der Waals surface area contributed by atoms with E-state index in [1.54, 1.807) is 31.2 Å². The second-order valence-corrected chi connectivity index (χ2v) is 10.0. The van der Waals surface area contributed by atoms with E-state index >= 15 is 0 Å². The Bertz CT molecular complexity index is 985. The van der Waals surface area contributed by atoms with E-state index in [9.17, 15) is 13.2 Å². The predicted octanol–water partition coefficient (Wildman–Crippen LogP) is 3.63. The van der Waals surface area contributed by atoms with Crippen molar-refractivity contribution in [3.05, 3.63) is 47.4 Å². The number of aryl methyl sites for hydroxylation is 1. The van der Waals surface area contributed by atoms with Crippen LogP contribution in [0.1, 0.15) is 54.7 Å². The minimum atomic E-state index is -3.25. The fourth-order valence-corrected chi connectivity index (χ4v) is 4.31. The standard InChI is InChI=1S/C22H29N3O3S/c1-4-10-25(14-17-6-7-17)22-13-20(23-15-24-22)21(26)12-18-8-9-19(11-16(18)3)29(27,28)5-2/h8-9,11,13,15,17H,4-7,10,12,14H2,1-3H3. The normalized spacial score (nSPS) is 14.0. The number of anilines is 1. The van der Waals surface area contributed by atoms with Crippen molar-refractivity contribution >= 4 is 21.4 Å². The third kappa shape index (κ3) is 5.41. The Balaban J connectivity index is 1.77. The minimum Gasteiger partial charge on any atom is -0.356 e. The number of Topliss-reactive ketones (excluding diaryl/α,β-unsaturated/α-hetero) is 1. The van der Waals surface area contributed by atoms with Gasteiger partial charge in [-0.3, -0.25) is 4.79 Å². The smallest absolute Gasteiger partial charge is 0.185 e. The number of carbonyl (C=O) groups excluding carboxylic acids is 1. The Morgan fingerprint density at radius 3 is 2.55 bits per heavy atom. The van der Waals surface area contributed by atoms with Crippen LogP contribution in [0.15, 0.2) is 35.5 Å². The van der Waals surface area contributed by atoms with E-state index in [1.807, 2.05) is 6.92 Å². The highest BCUT2D eigenvalue weighted by Crippen LogP contribution is 2.31. The van der Waals surface area contributed by atoms with Gasteiger partial charge >= 0.3 is 0 Å². The monoisotopic (exact) mass is 415 g/mol. The molecule has 1 aliphatic rings. The van der Waals surface area contributed by atoms with E-state index in [0.29, 0.717) is 10.6 Å². The Morgan fingerprint density at radius 1 is 1.17 bits per heavy atom. The third-order valence-corrected chi connectivity index (χ3v) is 7.07. The SMILES string of the molecule is CCCN(CC1CC1)c1cc(C(=O)Cc2ccc(S(=O)(=O)CC)cc2C)ncn1. The fourth-order valence-electron chi connectivity index (χ4n) is 3.34. The van der Waals surface area contributed by atoms with Crippen LogP contribution in [0, 0.1) is 12.8 Å². The largest absolute Gasteiger partial charge is 0.356 e. The highest BCUT2D eigenvalue weighted by molar-refractivity contribution is 7.91. The van der Waals surface area contributed by atoms with Gasteiger partial charge in [-0.1, -0.05) is 19.9 Å². The first-order valence-electron chi connectivity index (χ1n) is 10.3. The van der Waals surface area contributed by atoms with Gasteiger partial charge in [0.25, 0.3) is 0 Å². The highest BCUT2D eigenvalue weighted by atomic mass is 32.2. The molecule has 0 N–H and O–H groups in total. The van der Waals surface area contributed by atoms with E-state index in [4.69, 9.17) is 0 Å². The maximum atomic E-state index is 12.8. The number of ketones is 1. The molecule has 1 aliphatic carbocycles. The molecule has 1 fully saturated rings. The highest BCUT2D eigenvalue weighted by Gasteiger charge is 2.25. The zero-order valence-electron chi connectivity index (χ0n) is 17.4. The van der Waals surface area contributed by atoms with Gasteiger partial charge in [0.05, 0.1) is 10.6 Å². The topological polar surface area (TPSA) is 80.2 Å². The molecule has 29 heavy (non-hydrogen) atoms. The summed E-state index contributed by atoms with van der Waals surface area (Å²) in [5, 5.41) is 0. The summed E-state index contributed by atoms with van der Waals surface area (Å²) in [6.07, 6.45) is 5.19. The Morgan fingerprint density at radius 2 is 1.93 bits per heavy atom. The molecule has 0 spiro atoms. The molecule has 0 amide bonds. The average molecular weight is 416 g/mol. The number of hydrogen-bond donors (Lipinski definition) is 0. The van der Waals surface area contributed by atoms with E-state index < -0.39 is 9.84 Å². The van der Waals surface area contributed by atoms with Crippen LogP contribution in [-0.4, -0.2) is 43.0 Å². The van der Waals surface area contributed by atoms with Crippen molar-refractivity contribution in [1.82, 2.24) is 9.97 Å². The van der Waals surface area contributed by atoms with Crippen LogP contribution in [0.5, 0.6) is 0 Å². The van der Waals surface area contributed by atoms with Crippen LogP contribution in [0.4, 0.5) is 5.82 Å². The van der Waals surface area contributed by atoms with Crippen LogP contribution in [-0.2, 0) is 16.3 Å². The van der Waals surface area contributed by atoms with Gasteiger partial charge in [-0.25, -0.2) is 18.4 Å². The van der Waals surface area contributed by atoms with Gasteiger partial charge in [-0.15, -0.1) is 0 Å². The molecule has 7 heteroatoms. The summed E-state index contributed by atoms with van der Waals surface area (Å²) in [4.78, 5) is 24.0. The van der Waals surface area contributed by atoms with Gasteiger partial charge in [0.15, 0.2) is 15.6 Å². The van der Waals surface area contributed by atoms with Gasteiger partial charge < -0.3 is 4.90 Å². The number of sulfone groups is 1. The predicted molar refractivity (Wildman–Crippen MR) is 114 cm³/mol. The minimum absolute atomic E-state index is 0.0591. The summed E-state index contributed by atoms with van der Waals surface area (Å²) in [6, 6.07) is 6.74. The molecule has 1 aromatic carbocycles. The Kier molecular flexibility index (Phi) is 6.67. The van der Waals surface area contributed by atoms with Crippen molar-refractivity contribution in [3.63, 3.8) is 0 Å². The first-order chi connectivity index (χ1) is 13.8. The van der Waals surface area contributed by atoms with Gasteiger partial charge in [-0.2, -0.15) is 0 Å². The molecule has 0 aliphatic heterocycles. The van der Waals surface area contributed by atoms with Crippen LogP contribution in [0.3, 0.4) is 0 Å². The second kappa shape index (κ2) is 9.03. The summed E-state index contributed by atoms with van der Waals surface area (Å²) >= 11 is 0. The van der Waals surface area contributed by atoms with Crippen LogP contribution in [0.25, 0.3) is 0 Å². The van der Waals surface area contributed by atoms with Crippen LogP contribution in [0.2, 0.25) is 0 Å². The molecular weight excluding hydrogens is 386 g/mol. The quantitative estimate of drug-likeness (QED) is 0.551. The van der Waals surface area contributed by atoms with Crippen molar-refractivity contribution in [2.75, 3.05) is 23.7 Å². The zero-order valence-corrected chi connectivity index (χ0v) is 18.2. The molecule has 0 saturated heterocycles. The molecule has 0 radical (unpaired) electrons. The number of rotatable bonds is 10. The number of carbonyl (C=O) groups is 1. The summed E-state index contributed by atoms with van der Waals surface area (Å²) in [7, 11) is -3.25. The van der Waals surface area contributed by atoms with E-state index in [1.165, 1.54) is 19.2 Å². The molecular formula is C22H29N3O3S. The molecule has 0 bridgehead atoms. The van der Waals surface area contributed by atoms with E-state index in [2.05, 4.69) is 21.8 Å². The van der Waals surface area contributed by atoms with Crippen LogP contribution < -0.4 is 4.90 Å². The Labute approximate surface area is 173 Å². The molecule has 1 aromatic heterocycles. The molecule has 1 heterocycles. The summed E-state index contributed by atoms with van der Waals surface area (Å²) in [5.41, 5.74) is 2.01. The molecule has 3 rings (SSSR count). The van der Waals surface area contributed by atoms with Crippen molar-refractivity contribution in [2.45, 2.75) is 51.3 Å². The fraction of sp³-hybridized carbons (Fsp3) is 0.500. The third-order valence-electron chi connectivity index (χ3n) is 5.34. The summed E-state index contributed by atoms with van der Waals surface area (Å²) in [5.74, 6) is 1.50. The summed E-state index contributed by atoms with van der Waals surface area (Å²) < 4.78 is 24.1. The first kappa shape index (κ1) is 21.4. The zero-order chi connectivity index (χ0) is 21.0. The first-order valence-corrected chi connectivity index (χ1v) is 11.9. The average Bonchev–Trinajstić information content (AvgIpc) is 3.53. The Hall–Kier alpha value is -2.28. The van der Waals surface area contributed by atoms with Gasteiger partial charge in [0, 0.05) is 25.6 Å².